The first-order valence-electron chi connectivity index (χ1n) is 4.69. The average molecular weight is 253 g/mol. The molecule has 1 rings (SSSR count). The number of hydrogen-bond donors (Lipinski definition) is 1. The largest absolute Gasteiger partial charge is 0.456 e. The van der Waals surface area contributed by atoms with Crippen LogP contribution in [-0.4, -0.2) is 47.5 Å². The molecule has 16 heavy (non-hydrogen) atoms. The second-order valence-electron chi connectivity index (χ2n) is 3.37. The van der Waals surface area contributed by atoms with E-state index in [4.69, 9.17) is 25.8 Å². The van der Waals surface area contributed by atoms with Gasteiger partial charge in [0.2, 0.25) is 0 Å². The number of alkyl halides is 1. The Morgan fingerprint density at radius 2 is 1.75 bits per heavy atom. The second kappa shape index (κ2) is 5.47. The molecular formula is C9H13ClO6. The van der Waals surface area contributed by atoms with Gasteiger partial charge < -0.3 is 19.3 Å². The van der Waals surface area contributed by atoms with Crippen molar-refractivity contribution in [2.75, 3.05) is 5.88 Å². The highest BCUT2D eigenvalue weighted by Gasteiger charge is 2.48. The Morgan fingerprint density at radius 3 is 2.19 bits per heavy atom. The Hall–Kier alpha value is -0.850. The van der Waals surface area contributed by atoms with E-state index in [1.807, 2.05) is 0 Å². The third kappa shape index (κ3) is 3.07. The minimum Gasteiger partial charge on any atom is -0.456 e. The first-order chi connectivity index (χ1) is 7.45. The van der Waals surface area contributed by atoms with Crippen molar-refractivity contribution in [3.63, 3.8) is 0 Å². The smallest absolute Gasteiger partial charge is 0.303 e. The minimum atomic E-state index is -1.34. The summed E-state index contributed by atoms with van der Waals surface area (Å²) < 4.78 is 14.7. The molecule has 6 nitrogen and oxygen atoms in total. The molecule has 0 aromatic rings. The van der Waals surface area contributed by atoms with Gasteiger partial charge in [-0.25, -0.2) is 0 Å². The maximum absolute atomic E-state index is 10.9. The number of aliphatic hydroxyl groups excluding tert-OH is 1. The number of halogens is 1. The van der Waals surface area contributed by atoms with E-state index in [0.29, 0.717) is 0 Å². The Labute approximate surface area is 97.4 Å². The van der Waals surface area contributed by atoms with Crippen LogP contribution in [0.25, 0.3) is 0 Å². The van der Waals surface area contributed by atoms with Gasteiger partial charge in [-0.3, -0.25) is 9.59 Å². The molecule has 1 heterocycles. The van der Waals surface area contributed by atoms with E-state index in [-0.39, 0.29) is 5.88 Å². The van der Waals surface area contributed by atoms with Crippen molar-refractivity contribution in [1.29, 1.82) is 0 Å². The molecule has 0 aromatic carbocycles. The summed E-state index contributed by atoms with van der Waals surface area (Å²) in [6.45, 7) is 2.40. The van der Waals surface area contributed by atoms with Gasteiger partial charge in [-0.2, -0.15) is 0 Å². The number of ether oxygens (including phenoxy) is 3. The lowest BCUT2D eigenvalue weighted by Crippen LogP contribution is -2.40. The molecule has 0 aromatic heterocycles. The Bertz CT molecular complexity index is 281. The van der Waals surface area contributed by atoms with Gasteiger partial charge in [0.05, 0.1) is 5.88 Å². The normalized spacial score (nSPS) is 33.5. The van der Waals surface area contributed by atoms with Gasteiger partial charge in [-0.15, -0.1) is 11.6 Å². The Morgan fingerprint density at radius 1 is 1.25 bits per heavy atom. The van der Waals surface area contributed by atoms with Gasteiger partial charge >= 0.3 is 11.9 Å². The lowest BCUT2D eigenvalue weighted by Gasteiger charge is -2.21. The van der Waals surface area contributed by atoms with E-state index >= 15 is 0 Å². The van der Waals surface area contributed by atoms with Crippen molar-refractivity contribution in [2.45, 2.75) is 38.4 Å². The van der Waals surface area contributed by atoms with Crippen LogP contribution in [0.4, 0.5) is 0 Å². The Balaban J connectivity index is 2.76. The minimum absolute atomic E-state index is 0.0206. The van der Waals surface area contributed by atoms with E-state index in [2.05, 4.69) is 0 Å². The molecule has 1 aliphatic heterocycles. The quantitative estimate of drug-likeness (QED) is 0.554. The zero-order chi connectivity index (χ0) is 12.3. The summed E-state index contributed by atoms with van der Waals surface area (Å²) in [5.41, 5.74) is 0. The lowest BCUT2D eigenvalue weighted by atomic mass is 10.1. The summed E-state index contributed by atoms with van der Waals surface area (Å²) in [6, 6.07) is 0. The predicted octanol–water partition coefficient (Wildman–Crippen LogP) is -0.194. The maximum atomic E-state index is 10.9. The Kier molecular flexibility index (Phi) is 4.52. The summed E-state index contributed by atoms with van der Waals surface area (Å²) >= 11 is 5.59. The fourth-order valence-electron chi connectivity index (χ4n) is 1.48. The topological polar surface area (TPSA) is 82.1 Å². The van der Waals surface area contributed by atoms with Crippen LogP contribution in [0.3, 0.4) is 0 Å². The average Bonchev–Trinajstić information content (AvgIpc) is 2.44. The van der Waals surface area contributed by atoms with Crippen LogP contribution >= 0.6 is 11.6 Å². The molecule has 0 unspecified atom stereocenters. The van der Waals surface area contributed by atoms with Gasteiger partial charge in [-0.1, -0.05) is 0 Å². The van der Waals surface area contributed by atoms with E-state index < -0.39 is 36.5 Å². The number of esters is 2. The van der Waals surface area contributed by atoms with Crippen LogP contribution in [0.2, 0.25) is 0 Å². The molecule has 0 bridgehead atoms. The summed E-state index contributed by atoms with van der Waals surface area (Å²) in [7, 11) is 0. The molecular weight excluding hydrogens is 240 g/mol. The monoisotopic (exact) mass is 252 g/mol. The predicted molar refractivity (Wildman–Crippen MR) is 52.7 cm³/mol. The van der Waals surface area contributed by atoms with Gasteiger partial charge in [0, 0.05) is 13.8 Å². The highest BCUT2D eigenvalue weighted by molar-refractivity contribution is 6.18. The molecule has 0 saturated carbocycles. The molecule has 0 amide bonds. The zero-order valence-corrected chi connectivity index (χ0v) is 9.64. The summed E-state index contributed by atoms with van der Waals surface area (Å²) in [6.07, 6.45) is -3.94. The number of carbonyl (C=O) groups is 2. The molecule has 1 fully saturated rings. The third-order valence-corrected chi connectivity index (χ3v) is 2.35. The fourth-order valence-corrected chi connectivity index (χ4v) is 1.73. The van der Waals surface area contributed by atoms with Crippen LogP contribution in [0.15, 0.2) is 0 Å². The van der Waals surface area contributed by atoms with E-state index in [9.17, 15) is 14.7 Å². The molecule has 0 radical (unpaired) electrons. The van der Waals surface area contributed by atoms with Crippen LogP contribution in [0, 0.1) is 0 Å². The second-order valence-corrected chi connectivity index (χ2v) is 3.68. The SMILES string of the molecule is CC(=O)O[C@H]1[C@H](OC(C)=O)[C@@H](CCl)O[C@H]1O. The van der Waals surface area contributed by atoms with E-state index in [1.54, 1.807) is 0 Å². The molecule has 0 spiro atoms. The van der Waals surface area contributed by atoms with Crippen LogP contribution < -0.4 is 0 Å². The molecule has 92 valence electrons. The van der Waals surface area contributed by atoms with Gasteiger partial charge in [0.25, 0.3) is 0 Å². The lowest BCUT2D eigenvalue weighted by molar-refractivity contribution is -0.174. The molecule has 1 saturated heterocycles. The molecule has 1 N–H and O–H groups in total. The van der Waals surface area contributed by atoms with E-state index in [0.717, 1.165) is 0 Å². The van der Waals surface area contributed by atoms with Crippen molar-refractivity contribution in [3.8, 4) is 0 Å². The van der Waals surface area contributed by atoms with Gasteiger partial charge in [-0.05, 0) is 0 Å². The number of rotatable bonds is 3. The molecule has 0 aliphatic carbocycles. The number of hydrogen-bond acceptors (Lipinski definition) is 6. The molecule has 7 heteroatoms. The van der Waals surface area contributed by atoms with Crippen LogP contribution in [0.1, 0.15) is 13.8 Å². The summed E-state index contributed by atoms with van der Waals surface area (Å²) in [4.78, 5) is 21.7. The van der Waals surface area contributed by atoms with Crippen molar-refractivity contribution in [3.05, 3.63) is 0 Å². The molecule has 4 atom stereocenters. The highest BCUT2D eigenvalue weighted by atomic mass is 35.5. The van der Waals surface area contributed by atoms with Crippen LogP contribution in [0.5, 0.6) is 0 Å². The summed E-state index contributed by atoms with van der Waals surface area (Å²) in [5, 5.41) is 9.47. The van der Waals surface area contributed by atoms with Crippen molar-refractivity contribution in [2.24, 2.45) is 0 Å². The first-order valence-corrected chi connectivity index (χ1v) is 5.23. The van der Waals surface area contributed by atoms with Crippen LogP contribution in [-0.2, 0) is 23.8 Å². The zero-order valence-electron chi connectivity index (χ0n) is 8.88. The van der Waals surface area contributed by atoms with Gasteiger partial charge in [0.15, 0.2) is 18.5 Å². The van der Waals surface area contributed by atoms with Crippen molar-refractivity contribution < 1.29 is 28.9 Å². The standard InChI is InChI=1S/C9H13ClO6/c1-4(11)14-7-6(3-10)16-9(13)8(7)15-5(2)12/h6-9,13H,3H2,1-2H3/t6-,7-,8+,9-/m1/s1. The van der Waals surface area contributed by atoms with Crippen molar-refractivity contribution in [1.82, 2.24) is 0 Å². The number of carbonyl (C=O) groups excluding carboxylic acids is 2. The number of aliphatic hydroxyl groups is 1. The highest BCUT2D eigenvalue weighted by Crippen LogP contribution is 2.26. The molecule has 1 aliphatic rings. The van der Waals surface area contributed by atoms with Gasteiger partial charge in [0.1, 0.15) is 6.10 Å². The maximum Gasteiger partial charge on any atom is 0.303 e. The van der Waals surface area contributed by atoms with Crippen molar-refractivity contribution >= 4 is 23.5 Å². The third-order valence-electron chi connectivity index (χ3n) is 2.04. The fraction of sp³-hybridized carbons (Fsp3) is 0.778. The first kappa shape index (κ1) is 13.2. The summed E-state index contributed by atoms with van der Waals surface area (Å²) in [5.74, 6) is -1.14. The van der Waals surface area contributed by atoms with E-state index in [1.165, 1.54) is 13.8 Å².